The number of nitrogens with two attached hydrogens (primary N) is 1. The summed E-state index contributed by atoms with van der Waals surface area (Å²) in [6, 6.07) is 6.98. The molecule has 136 valence electrons. The van der Waals surface area contributed by atoms with Gasteiger partial charge in [-0.05, 0) is 43.7 Å². The first-order chi connectivity index (χ1) is 11.5. The van der Waals surface area contributed by atoms with Crippen LogP contribution in [0.2, 0.25) is 0 Å². The molecule has 2 rings (SSSR count). The van der Waals surface area contributed by atoms with Crippen LogP contribution in [0.3, 0.4) is 0 Å². The number of nitrogen functional groups attached to an aromatic ring is 1. The molecule has 1 amide bonds. The number of anilines is 2. The lowest BCUT2D eigenvalue weighted by Gasteiger charge is -2.14. The molecule has 0 radical (unpaired) electrons. The largest absolute Gasteiger partial charge is 0.490 e. The van der Waals surface area contributed by atoms with E-state index in [-0.39, 0.29) is 24.7 Å². The molecular formula is C17H21BrClN3O3. The third-order valence-corrected chi connectivity index (χ3v) is 3.87. The number of benzene rings is 1. The van der Waals surface area contributed by atoms with E-state index in [1.165, 1.54) is 6.20 Å². The third-order valence-electron chi connectivity index (χ3n) is 3.13. The van der Waals surface area contributed by atoms with Gasteiger partial charge in [-0.1, -0.05) is 15.9 Å². The van der Waals surface area contributed by atoms with Crippen molar-refractivity contribution in [3.63, 3.8) is 0 Å². The molecule has 2 aromatic rings. The lowest BCUT2D eigenvalue weighted by atomic mass is 10.1. The number of pyridine rings is 1. The first-order valence-corrected chi connectivity index (χ1v) is 8.42. The molecule has 0 bridgehead atoms. The van der Waals surface area contributed by atoms with Gasteiger partial charge < -0.3 is 20.5 Å². The van der Waals surface area contributed by atoms with Gasteiger partial charge in [0.15, 0.2) is 11.5 Å². The number of rotatable bonds is 7. The van der Waals surface area contributed by atoms with E-state index in [1.54, 1.807) is 12.1 Å². The summed E-state index contributed by atoms with van der Waals surface area (Å²) in [5.74, 6) is 1.52. The lowest BCUT2D eigenvalue weighted by molar-refractivity contribution is -0.115. The fraction of sp³-hybridized carbons (Fsp3) is 0.294. The maximum atomic E-state index is 12.2. The quantitative estimate of drug-likeness (QED) is 0.697. The minimum absolute atomic E-state index is 0. The molecule has 0 aliphatic carbocycles. The van der Waals surface area contributed by atoms with Crippen molar-refractivity contribution in [1.29, 1.82) is 0 Å². The van der Waals surface area contributed by atoms with Crippen molar-refractivity contribution in [3.05, 3.63) is 40.5 Å². The molecular weight excluding hydrogens is 410 g/mol. The van der Waals surface area contributed by atoms with Crippen LogP contribution < -0.4 is 20.5 Å². The Morgan fingerprint density at radius 1 is 1.20 bits per heavy atom. The van der Waals surface area contributed by atoms with Gasteiger partial charge in [0, 0.05) is 4.47 Å². The van der Waals surface area contributed by atoms with Crippen LogP contribution in [0, 0.1) is 0 Å². The maximum Gasteiger partial charge on any atom is 0.228 e. The molecule has 25 heavy (non-hydrogen) atoms. The van der Waals surface area contributed by atoms with Crippen LogP contribution in [-0.2, 0) is 11.2 Å². The monoisotopic (exact) mass is 429 g/mol. The second-order valence-electron chi connectivity index (χ2n) is 4.95. The SMILES string of the molecule is CCOc1cc(Br)c(CC(=O)Nc2ccc(N)nc2)cc1OCC.Cl. The van der Waals surface area contributed by atoms with Gasteiger partial charge in [-0.3, -0.25) is 4.79 Å². The molecule has 1 heterocycles. The lowest BCUT2D eigenvalue weighted by Crippen LogP contribution is -2.15. The Balaban J connectivity index is 0.00000312. The standard InChI is InChI=1S/C17H20BrN3O3.ClH/c1-3-23-14-7-11(13(18)9-15(14)24-4-2)8-17(22)21-12-5-6-16(19)20-10-12;/h5-7,9-10H,3-4,8H2,1-2H3,(H2,19,20)(H,21,22);1H. The molecule has 6 nitrogen and oxygen atoms in total. The maximum absolute atomic E-state index is 12.2. The zero-order chi connectivity index (χ0) is 17.5. The van der Waals surface area contributed by atoms with E-state index in [2.05, 4.69) is 26.2 Å². The van der Waals surface area contributed by atoms with E-state index in [0.717, 1.165) is 10.0 Å². The van der Waals surface area contributed by atoms with Gasteiger partial charge in [-0.2, -0.15) is 0 Å². The van der Waals surface area contributed by atoms with Crippen LogP contribution in [0.1, 0.15) is 19.4 Å². The summed E-state index contributed by atoms with van der Waals surface area (Å²) in [6.07, 6.45) is 1.71. The molecule has 0 aliphatic heterocycles. The minimum Gasteiger partial charge on any atom is -0.490 e. The number of carbonyl (C=O) groups is 1. The Hall–Kier alpha value is -1.99. The average molecular weight is 431 g/mol. The van der Waals surface area contributed by atoms with Crippen LogP contribution in [0.5, 0.6) is 11.5 Å². The molecule has 0 unspecified atom stereocenters. The summed E-state index contributed by atoms with van der Waals surface area (Å²) in [4.78, 5) is 16.2. The van der Waals surface area contributed by atoms with Gasteiger partial charge in [0.1, 0.15) is 5.82 Å². The van der Waals surface area contributed by atoms with Crippen molar-refractivity contribution < 1.29 is 14.3 Å². The highest BCUT2D eigenvalue weighted by Crippen LogP contribution is 2.34. The number of aromatic nitrogens is 1. The molecule has 0 aliphatic rings. The Kier molecular flexibility index (Phi) is 8.51. The van der Waals surface area contributed by atoms with Crippen molar-refractivity contribution >= 4 is 45.7 Å². The summed E-state index contributed by atoms with van der Waals surface area (Å²) < 4.78 is 12.0. The number of hydrogen-bond donors (Lipinski definition) is 2. The average Bonchev–Trinajstić information content (AvgIpc) is 2.54. The Morgan fingerprint density at radius 3 is 2.40 bits per heavy atom. The van der Waals surface area contributed by atoms with E-state index >= 15 is 0 Å². The number of ether oxygens (including phenoxy) is 2. The molecule has 1 aromatic carbocycles. The highest BCUT2D eigenvalue weighted by Gasteiger charge is 2.13. The van der Waals surface area contributed by atoms with Crippen molar-refractivity contribution in [2.24, 2.45) is 0 Å². The fourth-order valence-corrected chi connectivity index (χ4v) is 2.57. The van der Waals surface area contributed by atoms with Crippen LogP contribution in [0.25, 0.3) is 0 Å². The molecule has 0 saturated carbocycles. The molecule has 3 N–H and O–H groups in total. The summed E-state index contributed by atoms with van der Waals surface area (Å²) in [5, 5.41) is 2.79. The Bertz CT molecular complexity index is 711. The number of hydrogen-bond acceptors (Lipinski definition) is 5. The smallest absolute Gasteiger partial charge is 0.228 e. The molecule has 8 heteroatoms. The number of carbonyl (C=O) groups excluding carboxylic acids is 1. The van der Waals surface area contributed by atoms with Gasteiger partial charge in [0.05, 0.1) is 31.5 Å². The van der Waals surface area contributed by atoms with Crippen molar-refractivity contribution in [3.8, 4) is 11.5 Å². The first-order valence-electron chi connectivity index (χ1n) is 7.62. The zero-order valence-corrected chi connectivity index (χ0v) is 16.4. The van der Waals surface area contributed by atoms with Crippen molar-refractivity contribution in [2.45, 2.75) is 20.3 Å². The van der Waals surface area contributed by atoms with E-state index in [4.69, 9.17) is 15.2 Å². The van der Waals surface area contributed by atoms with E-state index in [9.17, 15) is 4.79 Å². The topological polar surface area (TPSA) is 86.5 Å². The van der Waals surface area contributed by atoms with Crippen LogP contribution in [-0.4, -0.2) is 24.1 Å². The highest BCUT2D eigenvalue weighted by atomic mass is 79.9. The van der Waals surface area contributed by atoms with E-state index < -0.39 is 0 Å². The normalized spacial score (nSPS) is 9.88. The molecule has 0 spiro atoms. The van der Waals surface area contributed by atoms with Gasteiger partial charge in [-0.25, -0.2) is 4.98 Å². The summed E-state index contributed by atoms with van der Waals surface area (Å²) >= 11 is 3.48. The van der Waals surface area contributed by atoms with Crippen LogP contribution in [0.15, 0.2) is 34.9 Å². The van der Waals surface area contributed by atoms with E-state index in [0.29, 0.717) is 36.2 Å². The first kappa shape index (κ1) is 21.1. The molecule has 0 fully saturated rings. The molecule has 0 atom stereocenters. The number of nitrogens with one attached hydrogen (secondary N) is 1. The van der Waals surface area contributed by atoms with Gasteiger partial charge >= 0.3 is 0 Å². The van der Waals surface area contributed by atoms with Gasteiger partial charge in [0.2, 0.25) is 5.91 Å². The third kappa shape index (κ3) is 6.10. The van der Waals surface area contributed by atoms with Crippen LogP contribution >= 0.6 is 28.3 Å². The Labute approximate surface area is 161 Å². The second kappa shape index (κ2) is 10.1. The molecule has 1 aromatic heterocycles. The fourth-order valence-electron chi connectivity index (χ4n) is 2.11. The van der Waals surface area contributed by atoms with Gasteiger partial charge in [-0.15, -0.1) is 12.4 Å². The second-order valence-corrected chi connectivity index (χ2v) is 5.81. The predicted molar refractivity (Wildman–Crippen MR) is 105 cm³/mol. The molecule has 0 saturated heterocycles. The zero-order valence-electron chi connectivity index (χ0n) is 14.0. The highest BCUT2D eigenvalue weighted by molar-refractivity contribution is 9.10. The summed E-state index contributed by atoms with van der Waals surface area (Å²) in [6.45, 7) is 4.87. The number of halogens is 2. The minimum atomic E-state index is -0.158. The summed E-state index contributed by atoms with van der Waals surface area (Å²) in [7, 11) is 0. The Morgan fingerprint density at radius 2 is 1.84 bits per heavy atom. The van der Waals surface area contributed by atoms with Crippen molar-refractivity contribution in [2.75, 3.05) is 24.3 Å². The summed E-state index contributed by atoms with van der Waals surface area (Å²) in [5.41, 5.74) is 6.94. The predicted octanol–water partition coefficient (Wildman–Crippen LogP) is 3.83. The van der Waals surface area contributed by atoms with Crippen LogP contribution in [0.4, 0.5) is 11.5 Å². The number of nitrogens with zero attached hydrogens (tertiary/aromatic N) is 1. The van der Waals surface area contributed by atoms with E-state index in [1.807, 2.05) is 26.0 Å². The van der Waals surface area contributed by atoms with Gasteiger partial charge in [0.25, 0.3) is 0 Å². The van der Waals surface area contributed by atoms with Crippen molar-refractivity contribution in [1.82, 2.24) is 4.98 Å². The number of amides is 1.